The number of anilines is 1. The number of rotatable bonds is 7. The molecule has 2 aliphatic heterocycles. The number of hydrogen-bond acceptors (Lipinski definition) is 5. The molecular weight excluding hydrogens is 448 g/mol. The molecule has 0 aliphatic carbocycles. The lowest BCUT2D eigenvalue weighted by Gasteiger charge is -2.32. The van der Waals surface area contributed by atoms with Crippen LogP contribution in [0.1, 0.15) is 51.6 Å². The molecule has 1 aromatic carbocycles. The zero-order valence-corrected chi connectivity index (χ0v) is 22.0. The highest BCUT2D eigenvalue weighted by Crippen LogP contribution is 2.29. The number of nitrogens with zero attached hydrogens (tertiary/aromatic N) is 5. The molecule has 0 unspecified atom stereocenters. The van der Waals surface area contributed by atoms with E-state index >= 15 is 0 Å². The van der Waals surface area contributed by atoms with E-state index in [0.717, 1.165) is 68.4 Å². The predicted molar refractivity (Wildman–Crippen MR) is 146 cm³/mol. The number of aromatic nitrogens is 3. The van der Waals surface area contributed by atoms with E-state index in [-0.39, 0.29) is 11.8 Å². The summed E-state index contributed by atoms with van der Waals surface area (Å²) < 4.78 is 2.01. The maximum Gasteiger partial charge on any atom is 0.228 e. The topological polar surface area (TPSA) is 66.3 Å². The summed E-state index contributed by atoms with van der Waals surface area (Å²) in [5, 5.41) is 9.83. The predicted octanol–water partition coefficient (Wildman–Crippen LogP) is 4.93. The Kier molecular flexibility index (Phi) is 7.67. The van der Waals surface area contributed by atoms with Crippen molar-refractivity contribution in [1.82, 2.24) is 24.6 Å². The summed E-state index contributed by atoms with van der Waals surface area (Å²) >= 11 is 0. The molecular formula is C29H40N6O. The molecule has 1 amide bonds. The minimum absolute atomic E-state index is 0.0602. The lowest BCUT2D eigenvalue weighted by Crippen LogP contribution is -2.39. The number of aryl methyl sites for hydroxylation is 1. The van der Waals surface area contributed by atoms with Crippen LogP contribution < -0.4 is 5.32 Å². The van der Waals surface area contributed by atoms with Crippen molar-refractivity contribution >= 4 is 22.5 Å². The van der Waals surface area contributed by atoms with E-state index < -0.39 is 0 Å². The maximum atomic E-state index is 13.0. The number of carbonyl (C=O) groups excluding carboxylic acids is 1. The van der Waals surface area contributed by atoms with Gasteiger partial charge in [-0.05, 0) is 80.9 Å². The van der Waals surface area contributed by atoms with E-state index in [1.54, 1.807) is 0 Å². The number of pyridine rings is 1. The fraction of sp³-hybridized carbons (Fsp3) is 0.552. The summed E-state index contributed by atoms with van der Waals surface area (Å²) in [7, 11) is 2.04. The Balaban J connectivity index is 1.30. The summed E-state index contributed by atoms with van der Waals surface area (Å²) in [5.41, 5.74) is 3.59. The Hall–Kier alpha value is -2.77. The average Bonchev–Trinajstić information content (AvgIpc) is 3.24. The van der Waals surface area contributed by atoms with Crippen LogP contribution in [-0.2, 0) is 18.4 Å². The van der Waals surface area contributed by atoms with Gasteiger partial charge in [-0.2, -0.15) is 5.10 Å². The highest BCUT2D eigenvalue weighted by molar-refractivity contribution is 5.95. The van der Waals surface area contributed by atoms with E-state index in [1.807, 2.05) is 30.2 Å². The Morgan fingerprint density at radius 1 is 1.00 bits per heavy atom. The lowest BCUT2D eigenvalue weighted by molar-refractivity contribution is -0.121. The van der Waals surface area contributed by atoms with Crippen molar-refractivity contribution in [2.24, 2.45) is 18.9 Å². The van der Waals surface area contributed by atoms with Crippen LogP contribution in [0.3, 0.4) is 0 Å². The first-order valence-electron chi connectivity index (χ1n) is 13.6. The largest absolute Gasteiger partial charge is 0.310 e. The molecule has 0 radical (unpaired) electrons. The van der Waals surface area contributed by atoms with Gasteiger partial charge >= 0.3 is 0 Å². The number of hydrogen-bond donors (Lipinski definition) is 1. The SMILES string of the molecule is CC(C)CN1CCC(C(=O)Nc2cc3cc(-c4cnn(C)c4CN4CCCCC4)ccc3cn2)CC1. The molecule has 2 fully saturated rings. The van der Waals surface area contributed by atoms with Crippen molar-refractivity contribution < 1.29 is 4.79 Å². The molecule has 192 valence electrons. The van der Waals surface area contributed by atoms with Gasteiger partial charge in [0.05, 0.1) is 11.9 Å². The molecule has 7 nitrogen and oxygen atoms in total. The second-order valence-electron chi connectivity index (χ2n) is 11.1. The van der Waals surface area contributed by atoms with Crippen LogP contribution in [0.4, 0.5) is 5.82 Å². The summed E-state index contributed by atoms with van der Waals surface area (Å²) in [6.45, 7) is 10.9. The van der Waals surface area contributed by atoms with Crippen LogP contribution in [-0.4, -0.2) is 63.2 Å². The van der Waals surface area contributed by atoms with Gasteiger partial charge in [0.25, 0.3) is 0 Å². The van der Waals surface area contributed by atoms with E-state index in [4.69, 9.17) is 0 Å². The Morgan fingerprint density at radius 2 is 1.78 bits per heavy atom. The average molecular weight is 489 g/mol. The summed E-state index contributed by atoms with van der Waals surface area (Å²) in [6.07, 6.45) is 9.56. The third-order valence-corrected chi connectivity index (χ3v) is 7.75. The molecule has 4 heterocycles. The van der Waals surface area contributed by atoms with Gasteiger partial charge in [0.1, 0.15) is 5.82 Å². The third-order valence-electron chi connectivity index (χ3n) is 7.75. The molecule has 3 aromatic rings. The van der Waals surface area contributed by atoms with Crippen LogP contribution in [0.5, 0.6) is 0 Å². The lowest BCUT2D eigenvalue weighted by atomic mass is 9.95. The number of likely N-dealkylation sites (tertiary alicyclic amines) is 2. The number of benzene rings is 1. The zero-order valence-electron chi connectivity index (χ0n) is 22.0. The molecule has 0 atom stereocenters. The van der Waals surface area contributed by atoms with Crippen molar-refractivity contribution in [2.45, 2.75) is 52.5 Å². The highest BCUT2D eigenvalue weighted by Gasteiger charge is 2.25. The minimum Gasteiger partial charge on any atom is -0.310 e. The number of piperidine rings is 2. The molecule has 5 rings (SSSR count). The van der Waals surface area contributed by atoms with Crippen LogP contribution in [0.25, 0.3) is 21.9 Å². The second kappa shape index (κ2) is 11.1. The van der Waals surface area contributed by atoms with E-state index in [0.29, 0.717) is 11.7 Å². The number of fused-ring (bicyclic) bond motifs is 1. The van der Waals surface area contributed by atoms with Crippen LogP contribution >= 0.6 is 0 Å². The molecule has 0 saturated carbocycles. The number of carbonyl (C=O) groups is 1. The smallest absolute Gasteiger partial charge is 0.228 e. The first kappa shape index (κ1) is 24.9. The van der Waals surface area contributed by atoms with E-state index in [1.165, 1.54) is 30.5 Å². The zero-order chi connectivity index (χ0) is 25.1. The van der Waals surface area contributed by atoms with Gasteiger partial charge in [-0.1, -0.05) is 32.4 Å². The minimum atomic E-state index is 0.0602. The van der Waals surface area contributed by atoms with Crippen molar-refractivity contribution in [3.63, 3.8) is 0 Å². The van der Waals surface area contributed by atoms with E-state index in [9.17, 15) is 4.79 Å². The van der Waals surface area contributed by atoms with Gasteiger partial charge in [0.15, 0.2) is 0 Å². The quantitative estimate of drug-likeness (QED) is 0.511. The van der Waals surface area contributed by atoms with Gasteiger partial charge in [0.2, 0.25) is 5.91 Å². The molecule has 7 heteroatoms. The molecule has 2 saturated heterocycles. The first-order chi connectivity index (χ1) is 17.5. The molecule has 0 bridgehead atoms. The normalized spacial score (nSPS) is 18.2. The highest BCUT2D eigenvalue weighted by atomic mass is 16.1. The van der Waals surface area contributed by atoms with Gasteiger partial charge < -0.3 is 10.2 Å². The van der Waals surface area contributed by atoms with Crippen LogP contribution in [0, 0.1) is 11.8 Å². The molecule has 2 aliphatic rings. The van der Waals surface area contributed by atoms with Crippen molar-refractivity contribution in [3.8, 4) is 11.1 Å². The monoisotopic (exact) mass is 488 g/mol. The number of amides is 1. The Labute approximate surface area is 214 Å². The fourth-order valence-electron chi connectivity index (χ4n) is 5.72. The standard InChI is InChI=1S/C29H40N6O/c1-21(2)19-35-13-9-22(10-14-35)29(36)32-28-16-25-15-23(7-8-24(25)17-30-28)26-18-31-33(3)27(26)20-34-11-5-4-6-12-34/h7-8,15-18,21-22H,4-6,9-14,19-20H2,1-3H3,(H,30,32,36). The number of nitrogens with one attached hydrogen (secondary N) is 1. The first-order valence-corrected chi connectivity index (χ1v) is 13.6. The van der Waals surface area contributed by atoms with E-state index in [2.05, 4.69) is 57.2 Å². The summed E-state index contributed by atoms with van der Waals surface area (Å²) in [4.78, 5) is 22.5. The summed E-state index contributed by atoms with van der Waals surface area (Å²) in [5.74, 6) is 1.45. The molecule has 2 aromatic heterocycles. The van der Waals surface area contributed by atoms with Gasteiger partial charge in [-0.3, -0.25) is 14.4 Å². The Bertz CT molecular complexity index is 1190. The third kappa shape index (κ3) is 5.79. The molecule has 36 heavy (non-hydrogen) atoms. The summed E-state index contributed by atoms with van der Waals surface area (Å²) in [6, 6.07) is 8.48. The van der Waals surface area contributed by atoms with Crippen molar-refractivity contribution in [2.75, 3.05) is 38.0 Å². The fourth-order valence-corrected chi connectivity index (χ4v) is 5.72. The molecule has 0 spiro atoms. The second-order valence-corrected chi connectivity index (χ2v) is 11.1. The van der Waals surface area contributed by atoms with Crippen LogP contribution in [0.15, 0.2) is 36.7 Å². The van der Waals surface area contributed by atoms with Crippen molar-refractivity contribution in [1.29, 1.82) is 0 Å². The Morgan fingerprint density at radius 3 is 2.53 bits per heavy atom. The van der Waals surface area contributed by atoms with Gasteiger partial charge in [-0.15, -0.1) is 0 Å². The van der Waals surface area contributed by atoms with Gasteiger partial charge in [0, 0.05) is 43.2 Å². The van der Waals surface area contributed by atoms with Crippen LogP contribution in [0.2, 0.25) is 0 Å². The maximum absolute atomic E-state index is 13.0. The van der Waals surface area contributed by atoms with Gasteiger partial charge in [-0.25, -0.2) is 4.98 Å². The van der Waals surface area contributed by atoms with Crippen molar-refractivity contribution in [3.05, 3.63) is 42.4 Å². The molecule has 1 N–H and O–H groups in total.